The number of halogens is 4. The van der Waals surface area contributed by atoms with Crippen LogP contribution in [0, 0.1) is 21.2 Å². The van der Waals surface area contributed by atoms with Gasteiger partial charge in [0.25, 0.3) is 0 Å². The van der Waals surface area contributed by atoms with Gasteiger partial charge in [-0.2, -0.15) is 4.39 Å². The molecule has 0 unspecified atom stereocenters. The first-order valence-corrected chi connectivity index (χ1v) is 3.36. The van der Waals surface area contributed by atoms with E-state index in [4.69, 9.17) is 0 Å². The molecule has 0 aliphatic rings. The van der Waals surface area contributed by atoms with Crippen molar-refractivity contribution in [3.63, 3.8) is 0 Å². The summed E-state index contributed by atoms with van der Waals surface area (Å²) in [6.45, 7) is 0. The lowest BCUT2D eigenvalue weighted by molar-refractivity contribution is 0.469. The first kappa shape index (κ1) is 7.77. The normalized spacial score (nSPS) is 10.0. The largest absolute Gasteiger partial charge is 0.229 e. The average molecular weight is 259 g/mol. The molecule has 0 amide bonds. The summed E-state index contributed by atoms with van der Waals surface area (Å²) >= 11 is 1.34. The fourth-order valence-corrected chi connectivity index (χ4v) is 0.819. The Morgan fingerprint density at radius 3 is 2.40 bits per heavy atom. The van der Waals surface area contributed by atoms with Crippen LogP contribution in [0.3, 0.4) is 0 Å². The maximum Gasteiger partial charge on any atom is 0.229 e. The monoisotopic (exact) mass is 259 g/mol. The van der Waals surface area contributed by atoms with Crippen molar-refractivity contribution in [1.82, 2.24) is 4.98 Å². The molecule has 5 heteroatoms. The molecule has 1 rings (SSSR count). The van der Waals surface area contributed by atoms with Gasteiger partial charge < -0.3 is 0 Å². The summed E-state index contributed by atoms with van der Waals surface area (Å²) in [5, 5.41) is 0. The molecule has 0 fully saturated rings. The van der Waals surface area contributed by atoms with Crippen molar-refractivity contribution in [3.8, 4) is 0 Å². The Bertz CT molecular complexity index is 236. The van der Waals surface area contributed by atoms with Gasteiger partial charge in [-0.1, -0.05) is 0 Å². The summed E-state index contributed by atoms with van der Waals surface area (Å²) in [4.78, 5) is 2.95. The van der Waals surface area contributed by atoms with E-state index in [-0.39, 0.29) is 0 Å². The second kappa shape index (κ2) is 2.73. The predicted molar refractivity (Wildman–Crippen MR) is 36.8 cm³/mol. The molecule has 0 aromatic carbocycles. The fourth-order valence-electron chi connectivity index (χ4n) is 0.422. The molecule has 0 atom stereocenters. The standard InChI is InChI=1S/C5HF3IN/c6-2-1-10-5(8)4(9)3(2)7/h1H. The fraction of sp³-hybridized carbons (Fsp3) is 0. The van der Waals surface area contributed by atoms with Crippen LogP contribution in [0.15, 0.2) is 6.20 Å². The third kappa shape index (κ3) is 1.23. The van der Waals surface area contributed by atoms with Gasteiger partial charge in [-0.3, -0.25) is 0 Å². The molecule has 0 spiro atoms. The van der Waals surface area contributed by atoms with Crippen LogP contribution in [0.5, 0.6) is 0 Å². The van der Waals surface area contributed by atoms with Crippen LogP contribution >= 0.6 is 22.6 Å². The van der Waals surface area contributed by atoms with Crippen molar-refractivity contribution in [2.24, 2.45) is 0 Å². The molecule has 0 aliphatic carbocycles. The zero-order chi connectivity index (χ0) is 7.72. The molecule has 1 heterocycles. The summed E-state index contributed by atoms with van der Waals surface area (Å²) in [6.07, 6.45) is 0.507. The van der Waals surface area contributed by atoms with Crippen molar-refractivity contribution in [2.45, 2.75) is 0 Å². The van der Waals surface area contributed by atoms with Crippen molar-refractivity contribution in [1.29, 1.82) is 0 Å². The lowest BCUT2D eigenvalue weighted by Gasteiger charge is -1.94. The molecule has 10 heavy (non-hydrogen) atoms. The quantitative estimate of drug-likeness (QED) is 0.513. The number of aromatic nitrogens is 1. The lowest BCUT2D eigenvalue weighted by atomic mass is 10.4. The Morgan fingerprint density at radius 1 is 1.30 bits per heavy atom. The van der Waals surface area contributed by atoms with Gasteiger partial charge in [-0.15, -0.1) is 0 Å². The van der Waals surface area contributed by atoms with E-state index in [2.05, 4.69) is 4.98 Å². The third-order valence-electron chi connectivity index (χ3n) is 0.875. The van der Waals surface area contributed by atoms with E-state index in [1.165, 1.54) is 22.6 Å². The van der Waals surface area contributed by atoms with Gasteiger partial charge in [-0.05, 0) is 22.6 Å². The number of rotatable bonds is 0. The number of nitrogens with zero attached hydrogens (tertiary/aromatic N) is 1. The summed E-state index contributed by atoms with van der Waals surface area (Å²) in [5.74, 6) is -3.31. The molecular formula is C5HF3IN. The maximum atomic E-state index is 12.3. The van der Waals surface area contributed by atoms with Gasteiger partial charge in [0.1, 0.15) is 3.57 Å². The summed E-state index contributed by atoms with van der Waals surface area (Å²) in [5.41, 5.74) is 0. The first-order chi connectivity index (χ1) is 4.63. The van der Waals surface area contributed by atoms with E-state index in [9.17, 15) is 13.2 Å². The van der Waals surface area contributed by atoms with Crippen LogP contribution in [0.2, 0.25) is 0 Å². The molecule has 0 aliphatic heterocycles. The molecule has 1 nitrogen and oxygen atoms in total. The third-order valence-corrected chi connectivity index (χ3v) is 1.79. The molecule has 0 saturated carbocycles. The summed E-state index contributed by atoms with van der Waals surface area (Å²) in [6, 6.07) is 0. The van der Waals surface area contributed by atoms with E-state index in [0.717, 1.165) is 0 Å². The minimum Gasteiger partial charge on any atom is -0.224 e. The Kier molecular flexibility index (Phi) is 2.12. The Hall–Kier alpha value is -0.330. The van der Waals surface area contributed by atoms with Gasteiger partial charge in [0.05, 0.1) is 6.20 Å². The summed E-state index contributed by atoms with van der Waals surface area (Å²) < 4.78 is 36.3. The zero-order valence-electron chi connectivity index (χ0n) is 4.54. The van der Waals surface area contributed by atoms with Crippen molar-refractivity contribution in [3.05, 3.63) is 27.3 Å². The molecule has 54 valence electrons. The van der Waals surface area contributed by atoms with Crippen LogP contribution in [0.1, 0.15) is 0 Å². The van der Waals surface area contributed by atoms with Gasteiger partial charge in [0.15, 0.2) is 11.6 Å². The number of hydrogen-bond donors (Lipinski definition) is 0. The van der Waals surface area contributed by atoms with Crippen molar-refractivity contribution >= 4 is 22.6 Å². The molecule has 1 aromatic rings. The van der Waals surface area contributed by atoms with E-state index >= 15 is 0 Å². The molecule has 0 N–H and O–H groups in total. The topological polar surface area (TPSA) is 12.9 Å². The Morgan fingerprint density at radius 2 is 1.90 bits per heavy atom. The second-order valence-electron chi connectivity index (χ2n) is 1.52. The SMILES string of the molecule is Fc1cnc(F)c(I)c1F. The average Bonchev–Trinajstić information content (AvgIpc) is 1.93. The maximum absolute atomic E-state index is 12.3. The highest BCUT2D eigenvalue weighted by atomic mass is 127. The van der Waals surface area contributed by atoms with E-state index in [1.807, 2.05) is 0 Å². The lowest BCUT2D eigenvalue weighted by Crippen LogP contribution is -1.95. The molecule has 0 saturated heterocycles. The highest BCUT2D eigenvalue weighted by Gasteiger charge is 2.10. The molecule has 1 aromatic heterocycles. The van der Waals surface area contributed by atoms with Gasteiger partial charge in [-0.25, -0.2) is 13.8 Å². The number of pyridine rings is 1. The molecule has 0 bridgehead atoms. The van der Waals surface area contributed by atoms with Crippen LogP contribution < -0.4 is 0 Å². The molecule has 0 radical (unpaired) electrons. The van der Waals surface area contributed by atoms with Crippen LogP contribution in [0.25, 0.3) is 0 Å². The van der Waals surface area contributed by atoms with Gasteiger partial charge in [0.2, 0.25) is 5.95 Å². The first-order valence-electron chi connectivity index (χ1n) is 2.28. The van der Waals surface area contributed by atoms with Crippen LogP contribution in [-0.4, -0.2) is 4.98 Å². The van der Waals surface area contributed by atoms with Crippen molar-refractivity contribution < 1.29 is 13.2 Å². The highest BCUT2D eigenvalue weighted by Crippen LogP contribution is 2.14. The smallest absolute Gasteiger partial charge is 0.224 e. The molecular weight excluding hydrogens is 258 g/mol. The minimum atomic E-state index is -1.19. The van der Waals surface area contributed by atoms with Crippen molar-refractivity contribution in [2.75, 3.05) is 0 Å². The van der Waals surface area contributed by atoms with Crippen LogP contribution in [-0.2, 0) is 0 Å². The number of hydrogen-bond acceptors (Lipinski definition) is 1. The van der Waals surface area contributed by atoms with Gasteiger partial charge in [0, 0.05) is 0 Å². The minimum absolute atomic E-state index is 0.419. The Labute approximate surface area is 68.4 Å². The van der Waals surface area contributed by atoms with E-state index < -0.39 is 21.2 Å². The van der Waals surface area contributed by atoms with E-state index in [0.29, 0.717) is 6.20 Å². The predicted octanol–water partition coefficient (Wildman–Crippen LogP) is 2.10. The zero-order valence-corrected chi connectivity index (χ0v) is 6.69. The second-order valence-corrected chi connectivity index (χ2v) is 2.60. The Balaban J connectivity index is 3.34. The van der Waals surface area contributed by atoms with Gasteiger partial charge >= 0.3 is 0 Å². The highest BCUT2D eigenvalue weighted by molar-refractivity contribution is 14.1. The van der Waals surface area contributed by atoms with E-state index in [1.54, 1.807) is 0 Å². The van der Waals surface area contributed by atoms with Crippen LogP contribution in [0.4, 0.5) is 13.2 Å². The summed E-state index contributed by atoms with van der Waals surface area (Å²) in [7, 11) is 0.